The first-order valence-electron chi connectivity index (χ1n) is 3.11. The van der Waals surface area contributed by atoms with Gasteiger partial charge in [0.2, 0.25) is 0 Å². The van der Waals surface area contributed by atoms with E-state index in [9.17, 15) is 0 Å². The Morgan fingerprint density at radius 1 is 1.80 bits per heavy atom. The molecular weight excluding hydrogens is 144 g/mol. The number of anilines is 1. The summed E-state index contributed by atoms with van der Waals surface area (Å²) in [5.41, 5.74) is 0. The number of thiophene rings is 1. The minimum Gasteiger partial charge on any atom is -0.343 e. The minimum absolute atomic E-state index is 0.152. The predicted molar refractivity (Wildman–Crippen MR) is 41.1 cm³/mol. The fourth-order valence-corrected chi connectivity index (χ4v) is 1.72. The average Bonchev–Trinajstić information content (AvgIpc) is 2.56. The maximum atomic E-state index is 8.49. The van der Waals surface area contributed by atoms with Gasteiger partial charge in [0.25, 0.3) is 0 Å². The zero-order valence-electron chi connectivity index (χ0n) is 5.32. The Balaban J connectivity index is 2.13. The van der Waals surface area contributed by atoms with E-state index in [1.165, 1.54) is 5.00 Å². The molecule has 2 heterocycles. The van der Waals surface area contributed by atoms with Gasteiger partial charge in [-0.25, -0.2) is 0 Å². The van der Waals surface area contributed by atoms with Crippen molar-refractivity contribution in [2.45, 2.75) is 6.04 Å². The molecule has 1 saturated heterocycles. The molecule has 1 unspecified atom stereocenters. The normalized spacial score (nSPS) is 22.3. The lowest BCUT2D eigenvalue weighted by atomic mass is 10.5. The van der Waals surface area contributed by atoms with Crippen molar-refractivity contribution in [3.8, 4) is 6.07 Å². The quantitative estimate of drug-likeness (QED) is 0.567. The first-order chi connectivity index (χ1) is 4.92. The third-order valence-corrected chi connectivity index (χ3v) is 2.46. The average molecular weight is 150 g/mol. The summed E-state index contributed by atoms with van der Waals surface area (Å²) in [6.45, 7) is 0.914. The zero-order chi connectivity index (χ0) is 6.97. The Morgan fingerprint density at radius 2 is 2.70 bits per heavy atom. The van der Waals surface area contributed by atoms with Crippen molar-refractivity contribution in [1.82, 2.24) is 0 Å². The van der Waals surface area contributed by atoms with E-state index < -0.39 is 0 Å². The molecule has 1 fully saturated rings. The molecule has 1 aliphatic rings. The van der Waals surface area contributed by atoms with Gasteiger partial charge in [-0.05, 0) is 17.5 Å². The summed E-state index contributed by atoms with van der Waals surface area (Å²) in [6, 6.07) is 6.41. The maximum absolute atomic E-state index is 8.49. The number of rotatable bonds is 1. The molecule has 2 rings (SSSR count). The molecule has 1 aromatic heterocycles. The fourth-order valence-electron chi connectivity index (χ4n) is 0.927. The molecule has 0 aromatic carbocycles. The van der Waals surface area contributed by atoms with E-state index in [1.54, 1.807) is 11.3 Å². The highest BCUT2D eigenvalue weighted by molar-refractivity contribution is 7.14. The van der Waals surface area contributed by atoms with Gasteiger partial charge in [0.05, 0.1) is 17.6 Å². The molecular formula is C7H6N2S. The third-order valence-electron chi connectivity index (χ3n) is 1.55. The van der Waals surface area contributed by atoms with Crippen LogP contribution in [-0.4, -0.2) is 12.6 Å². The van der Waals surface area contributed by atoms with Gasteiger partial charge >= 0.3 is 0 Å². The summed E-state index contributed by atoms with van der Waals surface area (Å²) in [7, 11) is 0. The number of nitrogens with zero attached hydrogens (tertiary/aromatic N) is 2. The molecule has 1 aliphatic heterocycles. The number of nitriles is 1. The summed E-state index contributed by atoms with van der Waals surface area (Å²) < 4.78 is 0. The summed E-state index contributed by atoms with van der Waals surface area (Å²) in [5.74, 6) is 0. The van der Waals surface area contributed by atoms with Crippen molar-refractivity contribution in [2.75, 3.05) is 11.4 Å². The molecule has 2 nitrogen and oxygen atoms in total. The smallest absolute Gasteiger partial charge is 0.135 e. The van der Waals surface area contributed by atoms with E-state index in [1.807, 2.05) is 17.5 Å². The highest BCUT2D eigenvalue weighted by atomic mass is 32.1. The predicted octanol–water partition coefficient (Wildman–Crippen LogP) is 1.46. The third kappa shape index (κ3) is 0.775. The summed E-state index contributed by atoms with van der Waals surface area (Å²) in [4.78, 5) is 2.09. The first-order valence-corrected chi connectivity index (χ1v) is 3.99. The molecule has 0 bridgehead atoms. The topological polar surface area (TPSA) is 26.8 Å². The summed E-state index contributed by atoms with van der Waals surface area (Å²) in [6.07, 6.45) is 0. The van der Waals surface area contributed by atoms with Crippen LogP contribution in [0.1, 0.15) is 0 Å². The molecule has 0 radical (unpaired) electrons. The molecule has 0 aliphatic carbocycles. The largest absolute Gasteiger partial charge is 0.343 e. The van der Waals surface area contributed by atoms with Crippen LogP contribution < -0.4 is 4.90 Å². The first kappa shape index (κ1) is 5.75. The Morgan fingerprint density at radius 3 is 3.20 bits per heavy atom. The van der Waals surface area contributed by atoms with Crippen LogP contribution in [0.4, 0.5) is 5.00 Å². The lowest BCUT2D eigenvalue weighted by molar-refractivity contribution is 1.28. The Labute approximate surface area is 63.3 Å². The highest BCUT2D eigenvalue weighted by Crippen LogP contribution is 2.30. The van der Waals surface area contributed by atoms with Crippen molar-refractivity contribution in [2.24, 2.45) is 0 Å². The van der Waals surface area contributed by atoms with E-state index in [0.29, 0.717) is 0 Å². The van der Waals surface area contributed by atoms with Crippen LogP contribution in [0.3, 0.4) is 0 Å². The molecule has 50 valence electrons. The van der Waals surface area contributed by atoms with Gasteiger partial charge in [-0.3, -0.25) is 0 Å². The molecule has 10 heavy (non-hydrogen) atoms. The van der Waals surface area contributed by atoms with Crippen LogP contribution in [0.15, 0.2) is 17.5 Å². The van der Waals surface area contributed by atoms with Gasteiger partial charge in [0, 0.05) is 0 Å². The van der Waals surface area contributed by atoms with E-state index in [-0.39, 0.29) is 6.04 Å². The van der Waals surface area contributed by atoms with E-state index in [4.69, 9.17) is 5.26 Å². The van der Waals surface area contributed by atoms with Crippen molar-refractivity contribution in [3.05, 3.63) is 17.5 Å². The molecule has 1 atom stereocenters. The fraction of sp³-hybridized carbons (Fsp3) is 0.286. The van der Waals surface area contributed by atoms with Gasteiger partial charge in [-0.1, -0.05) is 0 Å². The zero-order valence-corrected chi connectivity index (χ0v) is 6.14. The van der Waals surface area contributed by atoms with Crippen molar-refractivity contribution < 1.29 is 0 Å². The monoisotopic (exact) mass is 150 g/mol. The van der Waals surface area contributed by atoms with Gasteiger partial charge in [0.1, 0.15) is 6.04 Å². The van der Waals surface area contributed by atoms with Gasteiger partial charge in [-0.2, -0.15) is 5.26 Å². The lowest BCUT2D eigenvalue weighted by Crippen LogP contribution is -1.92. The van der Waals surface area contributed by atoms with Gasteiger partial charge in [-0.15, -0.1) is 11.3 Å². The summed E-state index contributed by atoms with van der Waals surface area (Å²) >= 11 is 1.69. The SMILES string of the molecule is N#CC1CN1c1cccs1. The van der Waals surface area contributed by atoms with Gasteiger partial charge < -0.3 is 4.90 Å². The van der Waals surface area contributed by atoms with Crippen LogP contribution in [0.2, 0.25) is 0 Å². The van der Waals surface area contributed by atoms with E-state index in [0.717, 1.165) is 6.54 Å². The number of hydrogen-bond acceptors (Lipinski definition) is 3. The van der Waals surface area contributed by atoms with Crippen LogP contribution >= 0.6 is 11.3 Å². The van der Waals surface area contributed by atoms with Crippen LogP contribution in [0, 0.1) is 11.3 Å². The second kappa shape index (κ2) is 1.99. The van der Waals surface area contributed by atoms with E-state index >= 15 is 0 Å². The highest BCUT2D eigenvalue weighted by Gasteiger charge is 2.34. The molecule has 0 N–H and O–H groups in total. The maximum Gasteiger partial charge on any atom is 0.135 e. The standard InChI is InChI=1S/C7H6N2S/c8-4-6-5-9(6)7-2-1-3-10-7/h1-3,6H,5H2. The molecule has 0 amide bonds. The van der Waals surface area contributed by atoms with E-state index in [2.05, 4.69) is 11.0 Å². The number of hydrogen-bond donors (Lipinski definition) is 0. The van der Waals surface area contributed by atoms with Crippen molar-refractivity contribution in [1.29, 1.82) is 5.26 Å². The second-order valence-electron chi connectivity index (χ2n) is 2.25. The van der Waals surface area contributed by atoms with Gasteiger partial charge in [0.15, 0.2) is 0 Å². The molecule has 0 saturated carbocycles. The van der Waals surface area contributed by atoms with Crippen molar-refractivity contribution in [3.63, 3.8) is 0 Å². The molecule has 1 aromatic rings. The van der Waals surface area contributed by atoms with Crippen LogP contribution in [0.5, 0.6) is 0 Å². The summed E-state index contributed by atoms with van der Waals surface area (Å²) in [5, 5.41) is 11.7. The van der Waals surface area contributed by atoms with Crippen LogP contribution in [-0.2, 0) is 0 Å². The Kier molecular flexibility index (Phi) is 1.15. The van der Waals surface area contributed by atoms with Crippen molar-refractivity contribution >= 4 is 16.3 Å². The Hall–Kier alpha value is -1.01. The lowest BCUT2D eigenvalue weighted by Gasteiger charge is -1.93. The minimum atomic E-state index is 0.152. The molecule has 0 spiro atoms. The second-order valence-corrected chi connectivity index (χ2v) is 3.17. The Bertz CT molecular complexity index is 260. The molecule has 3 heteroatoms. The van der Waals surface area contributed by atoms with Crippen LogP contribution in [0.25, 0.3) is 0 Å².